The fourth-order valence-corrected chi connectivity index (χ4v) is 2.84. The minimum Gasteiger partial charge on any atom is -0.457 e. The van der Waals surface area contributed by atoms with Gasteiger partial charge in [-0.1, -0.05) is 13.8 Å². The zero-order valence-electron chi connectivity index (χ0n) is 12.7. The molecule has 1 aromatic heterocycles. The molecule has 0 atom stereocenters. The van der Waals surface area contributed by atoms with Crippen LogP contribution in [0.15, 0.2) is 16.5 Å². The first-order chi connectivity index (χ1) is 8.74. The second-order valence-corrected chi connectivity index (χ2v) is 6.79. The molecule has 0 unspecified atom stereocenters. The molecular weight excluding hydrogens is 238 g/mol. The zero-order chi connectivity index (χ0) is 14.3. The maximum atomic E-state index is 11.3. The summed E-state index contributed by atoms with van der Waals surface area (Å²) in [7, 11) is 0. The van der Waals surface area contributed by atoms with Gasteiger partial charge < -0.3 is 4.42 Å². The number of hydrogen-bond acceptors (Lipinski definition) is 3. The van der Waals surface area contributed by atoms with Crippen LogP contribution in [0.5, 0.6) is 0 Å². The van der Waals surface area contributed by atoms with Gasteiger partial charge in [0.25, 0.3) is 0 Å². The number of carbonyl (C=O) groups excluding carboxylic acids is 1. The van der Waals surface area contributed by atoms with E-state index in [9.17, 15) is 4.79 Å². The SMILES string of the molecule is CC(=O)c1ccc(CN2CCCC(C)(C)C2(C)C)o1. The molecule has 1 saturated heterocycles. The number of nitrogens with zero attached hydrogens (tertiary/aromatic N) is 1. The van der Waals surface area contributed by atoms with Crippen LogP contribution in [0.3, 0.4) is 0 Å². The molecule has 1 aliphatic rings. The molecule has 1 aliphatic heterocycles. The van der Waals surface area contributed by atoms with Crippen LogP contribution in [-0.4, -0.2) is 22.8 Å². The van der Waals surface area contributed by atoms with E-state index in [0.717, 1.165) is 18.8 Å². The van der Waals surface area contributed by atoms with E-state index in [0.29, 0.717) is 11.2 Å². The number of hydrogen-bond donors (Lipinski definition) is 0. The first-order valence-electron chi connectivity index (χ1n) is 7.09. The highest BCUT2D eigenvalue weighted by Crippen LogP contribution is 2.43. The number of ketones is 1. The van der Waals surface area contributed by atoms with Crippen molar-refractivity contribution in [1.29, 1.82) is 0 Å². The van der Waals surface area contributed by atoms with Crippen LogP contribution in [0.2, 0.25) is 0 Å². The Morgan fingerprint density at radius 2 is 2.00 bits per heavy atom. The van der Waals surface area contributed by atoms with E-state index in [1.165, 1.54) is 19.8 Å². The lowest BCUT2D eigenvalue weighted by molar-refractivity contribution is -0.0393. The molecule has 3 heteroatoms. The van der Waals surface area contributed by atoms with Crippen molar-refractivity contribution in [3.63, 3.8) is 0 Å². The molecule has 106 valence electrons. The molecule has 1 fully saturated rings. The van der Waals surface area contributed by atoms with E-state index in [1.807, 2.05) is 6.07 Å². The minimum absolute atomic E-state index is 0.00974. The summed E-state index contributed by atoms with van der Waals surface area (Å²) in [4.78, 5) is 13.7. The van der Waals surface area contributed by atoms with Gasteiger partial charge in [-0.3, -0.25) is 9.69 Å². The normalized spacial score (nSPS) is 22.4. The third kappa shape index (κ3) is 2.62. The summed E-state index contributed by atoms with van der Waals surface area (Å²) in [6, 6.07) is 3.70. The van der Waals surface area contributed by atoms with Crippen molar-refractivity contribution < 1.29 is 9.21 Å². The quantitative estimate of drug-likeness (QED) is 0.776. The molecular formula is C16H25NO2. The number of carbonyl (C=O) groups is 1. The molecule has 19 heavy (non-hydrogen) atoms. The van der Waals surface area contributed by atoms with Crippen molar-refractivity contribution in [3.8, 4) is 0 Å². The molecule has 3 nitrogen and oxygen atoms in total. The van der Waals surface area contributed by atoms with E-state index in [-0.39, 0.29) is 11.3 Å². The highest BCUT2D eigenvalue weighted by Gasteiger charge is 2.44. The van der Waals surface area contributed by atoms with Crippen molar-refractivity contribution in [3.05, 3.63) is 23.7 Å². The van der Waals surface area contributed by atoms with Crippen molar-refractivity contribution >= 4 is 5.78 Å². The third-order valence-corrected chi connectivity index (χ3v) is 5.03. The summed E-state index contributed by atoms with van der Waals surface area (Å²) >= 11 is 0. The second-order valence-electron chi connectivity index (χ2n) is 6.79. The highest BCUT2D eigenvalue weighted by atomic mass is 16.3. The van der Waals surface area contributed by atoms with E-state index < -0.39 is 0 Å². The van der Waals surface area contributed by atoms with Gasteiger partial charge in [0, 0.05) is 12.5 Å². The molecule has 0 aromatic carbocycles. The molecule has 2 heterocycles. The monoisotopic (exact) mass is 263 g/mol. The predicted octanol–water partition coefficient (Wildman–Crippen LogP) is 3.88. The number of likely N-dealkylation sites (tertiary alicyclic amines) is 1. The standard InChI is InChI=1S/C16H25NO2/c1-12(18)14-8-7-13(19-14)11-17-10-6-9-15(2,3)16(17,4)5/h7-8H,6,9-11H2,1-5H3. The summed E-state index contributed by atoms with van der Waals surface area (Å²) < 4.78 is 5.62. The highest BCUT2D eigenvalue weighted by molar-refractivity contribution is 5.91. The smallest absolute Gasteiger partial charge is 0.194 e. The first-order valence-corrected chi connectivity index (χ1v) is 7.09. The van der Waals surface area contributed by atoms with Gasteiger partial charge in [0.1, 0.15) is 5.76 Å². The van der Waals surface area contributed by atoms with Crippen LogP contribution >= 0.6 is 0 Å². The molecule has 0 spiro atoms. The Labute approximate surface area is 116 Å². The molecule has 0 N–H and O–H groups in total. The average Bonchev–Trinajstić information content (AvgIpc) is 2.74. The van der Waals surface area contributed by atoms with Crippen molar-refractivity contribution in [2.75, 3.05) is 6.54 Å². The lowest BCUT2D eigenvalue weighted by atomic mass is 9.68. The van der Waals surface area contributed by atoms with Crippen molar-refractivity contribution in [1.82, 2.24) is 4.90 Å². The molecule has 1 aromatic rings. The van der Waals surface area contributed by atoms with Gasteiger partial charge in [0.2, 0.25) is 0 Å². The molecule has 0 saturated carbocycles. The number of Topliss-reactive ketones (excluding diaryl/α,β-unsaturated/α-hetero) is 1. The Morgan fingerprint density at radius 3 is 2.58 bits per heavy atom. The van der Waals surface area contributed by atoms with Gasteiger partial charge in [0.15, 0.2) is 11.5 Å². The van der Waals surface area contributed by atoms with E-state index in [4.69, 9.17) is 4.42 Å². The molecule has 2 rings (SSSR count). The lowest BCUT2D eigenvalue weighted by Gasteiger charge is -2.53. The van der Waals surface area contributed by atoms with Crippen LogP contribution in [0, 0.1) is 5.41 Å². The second kappa shape index (κ2) is 4.78. The zero-order valence-corrected chi connectivity index (χ0v) is 12.7. The summed E-state index contributed by atoms with van der Waals surface area (Å²) in [5.41, 5.74) is 0.426. The molecule has 0 aliphatic carbocycles. The van der Waals surface area contributed by atoms with Gasteiger partial charge in [-0.2, -0.15) is 0 Å². The van der Waals surface area contributed by atoms with Gasteiger partial charge in [-0.25, -0.2) is 0 Å². The summed E-state index contributed by atoms with van der Waals surface area (Å²) in [6.45, 7) is 12.7. The number of furan rings is 1. The van der Waals surface area contributed by atoms with Crippen LogP contribution in [0.1, 0.15) is 63.8 Å². The maximum absolute atomic E-state index is 11.3. The van der Waals surface area contributed by atoms with E-state index in [2.05, 4.69) is 32.6 Å². The van der Waals surface area contributed by atoms with Crippen LogP contribution in [-0.2, 0) is 6.54 Å². The fraction of sp³-hybridized carbons (Fsp3) is 0.688. The Morgan fingerprint density at radius 1 is 1.32 bits per heavy atom. The van der Waals surface area contributed by atoms with Gasteiger partial charge >= 0.3 is 0 Å². The predicted molar refractivity (Wildman–Crippen MR) is 76.2 cm³/mol. The molecule has 0 radical (unpaired) electrons. The van der Waals surface area contributed by atoms with Crippen molar-refractivity contribution in [2.24, 2.45) is 5.41 Å². The van der Waals surface area contributed by atoms with Crippen LogP contribution < -0.4 is 0 Å². The Kier molecular flexibility index (Phi) is 3.61. The molecule has 0 amide bonds. The first kappa shape index (κ1) is 14.3. The maximum Gasteiger partial charge on any atom is 0.194 e. The Bertz CT molecular complexity index is 471. The van der Waals surface area contributed by atoms with Gasteiger partial charge in [-0.15, -0.1) is 0 Å². The third-order valence-electron chi connectivity index (χ3n) is 5.03. The average molecular weight is 263 g/mol. The summed E-state index contributed by atoms with van der Waals surface area (Å²) in [6.07, 6.45) is 2.48. The van der Waals surface area contributed by atoms with Crippen molar-refractivity contribution in [2.45, 2.75) is 59.5 Å². The number of piperidine rings is 1. The van der Waals surface area contributed by atoms with E-state index in [1.54, 1.807) is 6.07 Å². The minimum atomic E-state index is -0.00974. The molecule has 0 bridgehead atoms. The van der Waals surface area contributed by atoms with Gasteiger partial charge in [0.05, 0.1) is 6.54 Å². The lowest BCUT2D eigenvalue weighted by Crippen LogP contribution is -2.57. The Balaban J connectivity index is 2.15. The largest absolute Gasteiger partial charge is 0.457 e. The summed E-state index contributed by atoms with van der Waals surface area (Å²) in [5.74, 6) is 1.34. The van der Waals surface area contributed by atoms with Crippen LogP contribution in [0.25, 0.3) is 0 Å². The van der Waals surface area contributed by atoms with Crippen LogP contribution in [0.4, 0.5) is 0 Å². The Hall–Kier alpha value is -1.09. The fourth-order valence-electron chi connectivity index (χ4n) is 2.84. The van der Waals surface area contributed by atoms with Gasteiger partial charge in [-0.05, 0) is 50.8 Å². The topological polar surface area (TPSA) is 33.5 Å². The summed E-state index contributed by atoms with van der Waals surface area (Å²) in [5, 5.41) is 0. The number of rotatable bonds is 3. The van der Waals surface area contributed by atoms with E-state index >= 15 is 0 Å².